The van der Waals surface area contributed by atoms with Crippen molar-refractivity contribution < 1.29 is 4.79 Å². The van der Waals surface area contributed by atoms with Gasteiger partial charge < -0.3 is 0 Å². The predicted molar refractivity (Wildman–Crippen MR) is 56.3 cm³/mol. The minimum atomic E-state index is 0.444. The van der Waals surface area contributed by atoms with Crippen LogP contribution in [0.3, 0.4) is 0 Å². The number of nitrogens with zero attached hydrogens (tertiary/aromatic N) is 4. The quantitative estimate of drug-likeness (QED) is 0.602. The number of rotatable bonds is 4. The number of isocyanates is 1. The molecule has 6 nitrogen and oxygen atoms in total. The lowest BCUT2D eigenvalue weighted by Gasteiger charge is -1.99. The van der Waals surface area contributed by atoms with Gasteiger partial charge in [-0.05, 0) is 23.3 Å². The third kappa shape index (κ3) is 2.37. The summed E-state index contributed by atoms with van der Waals surface area (Å²) in [6.07, 6.45) is 2.21. The van der Waals surface area contributed by atoms with Crippen molar-refractivity contribution in [1.82, 2.24) is 20.6 Å². The second-order valence-electron chi connectivity index (χ2n) is 3.16. The van der Waals surface area contributed by atoms with E-state index in [9.17, 15) is 4.79 Å². The van der Waals surface area contributed by atoms with Crippen LogP contribution in [0.4, 0.5) is 0 Å². The van der Waals surface area contributed by atoms with E-state index in [-0.39, 0.29) is 0 Å². The van der Waals surface area contributed by atoms with Gasteiger partial charge in [0.15, 0.2) is 0 Å². The first kappa shape index (κ1) is 10.2. The van der Waals surface area contributed by atoms with Gasteiger partial charge in [-0.25, -0.2) is 9.79 Å². The number of nitrogens with one attached hydrogen (secondary N) is 1. The molecule has 0 fully saturated rings. The molecule has 2 rings (SSSR count). The molecular formula is C10H9N5O. The molecule has 0 aliphatic heterocycles. The van der Waals surface area contributed by atoms with E-state index in [4.69, 9.17) is 0 Å². The van der Waals surface area contributed by atoms with Crippen molar-refractivity contribution in [3.8, 4) is 11.4 Å². The van der Waals surface area contributed by atoms with Crippen LogP contribution in [0.5, 0.6) is 0 Å². The third-order valence-corrected chi connectivity index (χ3v) is 2.11. The van der Waals surface area contributed by atoms with Gasteiger partial charge in [-0.1, -0.05) is 18.2 Å². The lowest BCUT2D eigenvalue weighted by atomic mass is 10.1. The zero-order chi connectivity index (χ0) is 11.2. The van der Waals surface area contributed by atoms with Gasteiger partial charge in [0.2, 0.25) is 11.9 Å². The number of carbonyl (C=O) groups excluding carboxylic acids is 1. The summed E-state index contributed by atoms with van der Waals surface area (Å²) in [4.78, 5) is 13.4. The molecule has 0 amide bonds. The Balaban J connectivity index is 2.16. The van der Waals surface area contributed by atoms with Gasteiger partial charge in [0.1, 0.15) is 0 Å². The van der Waals surface area contributed by atoms with Crippen molar-refractivity contribution in [2.24, 2.45) is 4.99 Å². The molecule has 0 atom stereocenters. The van der Waals surface area contributed by atoms with Gasteiger partial charge in [-0.3, -0.25) is 0 Å². The molecule has 1 N–H and O–H groups in total. The molecule has 2 aromatic rings. The highest BCUT2D eigenvalue weighted by atomic mass is 16.1. The van der Waals surface area contributed by atoms with Crippen molar-refractivity contribution in [2.45, 2.75) is 6.42 Å². The Kier molecular flexibility index (Phi) is 3.15. The molecule has 0 aliphatic rings. The van der Waals surface area contributed by atoms with Crippen LogP contribution < -0.4 is 0 Å². The number of aliphatic imine (C=N–C) groups is 1. The highest BCUT2D eigenvalue weighted by Crippen LogP contribution is 2.15. The van der Waals surface area contributed by atoms with Gasteiger partial charge >= 0.3 is 0 Å². The fourth-order valence-electron chi connectivity index (χ4n) is 1.38. The number of H-pyrrole nitrogens is 1. The number of aromatic amines is 1. The Morgan fingerprint density at radius 3 is 3.12 bits per heavy atom. The molecule has 6 heteroatoms. The molecule has 1 heterocycles. The molecule has 0 radical (unpaired) electrons. The van der Waals surface area contributed by atoms with E-state index in [1.807, 2.05) is 24.3 Å². The van der Waals surface area contributed by atoms with Crippen molar-refractivity contribution in [2.75, 3.05) is 6.54 Å². The maximum Gasteiger partial charge on any atom is 0.234 e. The summed E-state index contributed by atoms with van der Waals surface area (Å²) in [6.45, 7) is 0.444. The fourth-order valence-corrected chi connectivity index (χ4v) is 1.38. The summed E-state index contributed by atoms with van der Waals surface area (Å²) in [7, 11) is 0. The zero-order valence-corrected chi connectivity index (χ0v) is 8.42. The third-order valence-electron chi connectivity index (χ3n) is 2.11. The highest BCUT2D eigenvalue weighted by Gasteiger charge is 2.02. The van der Waals surface area contributed by atoms with Gasteiger partial charge in [-0.2, -0.15) is 5.21 Å². The first-order valence-corrected chi connectivity index (χ1v) is 4.76. The largest absolute Gasteiger partial charge is 0.234 e. The van der Waals surface area contributed by atoms with E-state index >= 15 is 0 Å². The van der Waals surface area contributed by atoms with E-state index in [2.05, 4.69) is 25.6 Å². The summed E-state index contributed by atoms with van der Waals surface area (Å²) in [6, 6.07) is 7.72. The lowest BCUT2D eigenvalue weighted by molar-refractivity contribution is 0.563. The van der Waals surface area contributed by atoms with Gasteiger partial charge in [-0.15, -0.1) is 10.2 Å². The van der Waals surface area contributed by atoms with Crippen molar-refractivity contribution in [1.29, 1.82) is 0 Å². The number of aromatic nitrogens is 4. The molecule has 0 aliphatic carbocycles. The smallest absolute Gasteiger partial charge is 0.211 e. The van der Waals surface area contributed by atoms with Crippen LogP contribution in [0.1, 0.15) is 5.56 Å². The molecule has 16 heavy (non-hydrogen) atoms. The van der Waals surface area contributed by atoms with Crippen LogP contribution >= 0.6 is 0 Å². The molecule has 0 saturated carbocycles. The Morgan fingerprint density at radius 1 is 1.44 bits per heavy atom. The number of hydrogen-bond donors (Lipinski definition) is 1. The summed E-state index contributed by atoms with van der Waals surface area (Å²) in [5.74, 6) is 0.556. The second-order valence-corrected chi connectivity index (χ2v) is 3.16. The minimum Gasteiger partial charge on any atom is -0.211 e. The molecule has 0 unspecified atom stereocenters. The number of tetrazole rings is 1. The Morgan fingerprint density at radius 2 is 2.38 bits per heavy atom. The SMILES string of the molecule is O=C=NCCc1cccc(-c2nn[nH]n2)c1. The van der Waals surface area contributed by atoms with Crippen LogP contribution in [0.2, 0.25) is 0 Å². The Hall–Kier alpha value is -2.33. The maximum atomic E-state index is 9.92. The average Bonchev–Trinajstić information content (AvgIpc) is 2.83. The summed E-state index contributed by atoms with van der Waals surface area (Å²) >= 11 is 0. The first-order valence-electron chi connectivity index (χ1n) is 4.76. The van der Waals surface area contributed by atoms with Crippen LogP contribution in [-0.2, 0) is 11.2 Å². The van der Waals surface area contributed by atoms with Gasteiger partial charge in [0, 0.05) is 5.56 Å². The zero-order valence-electron chi connectivity index (χ0n) is 8.42. The van der Waals surface area contributed by atoms with E-state index < -0.39 is 0 Å². The van der Waals surface area contributed by atoms with Crippen molar-refractivity contribution in [3.05, 3.63) is 29.8 Å². The maximum absolute atomic E-state index is 9.92. The van der Waals surface area contributed by atoms with Crippen LogP contribution in [-0.4, -0.2) is 33.2 Å². The molecule has 1 aromatic heterocycles. The predicted octanol–water partition coefficient (Wildman–Crippen LogP) is 0.745. The normalized spacial score (nSPS) is 9.75. The Labute approximate surface area is 91.4 Å². The van der Waals surface area contributed by atoms with Gasteiger partial charge in [0.05, 0.1) is 6.54 Å². The second kappa shape index (κ2) is 4.95. The monoisotopic (exact) mass is 215 g/mol. The van der Waals surface area contributed by atoms with E-state index in [1.54, 1.807) is 0 Å². The van der Waals surface area contributed by atoms with E-state index in [0.717, 1.165) is 11.1 Å². The van der Waals surface area contributed by atoms with Gasteiger partial charge in [0.25, 0.3) is 0 Å². The Bertz CT molecular complexity index is 502. The minimum absolute atomic E-state index is 0.444. The fraction of sp³-hybridized carbons (Fsp3) is 0.200. The van der Waals surface area contributed by atoms with Crippen LogP contribution in [0, 0.1) is 0 Å². The number of hydrogen-bond acceptors (Lipinski definition) is 5. The molecular weight excluding hydrogens is 206 g/mol. The van der Waals surface area contributed by atoms with Crippen LogP contribution in [0.15, 0.2) is 29.3 Å². The van der Waals surface area contributed by atoms with Crippen LogP contribution in [0.25, 0.3) is 11.4 Å². The molecule has 0 saturated heterocycles. The molecule has 0 bridgehead atoms. The molecule has 0 spiro atoms. The topological polar surface area (TPSA) is 83.9 Å². The van der Waals surface area contributed by atoms with E-state index in [1.165, 1.54) is 6.08 Å². The number of benzene rings is 1. The van der Waals surface area contributed by atoms with Crippen molar-refractivity contribution in [3.63, 3.8) is 0 Å². The molecule has 80 valence electrons. The first-order chi connectivity index (χ1) is 7.90. The lowest BCUT2D eigenvalue weighted by Crippen LogP contribution is -1.90. The summed E-state index contributed by atoms with van der Waals surface area (Å²) < 4.78 is 0. The summed E-state index contributed by atoms with van der Waals surface area (Å²) in [5.41, 5.74) is 1.96. The summed E-state index contributed by atoms with van der Waals surface area (Å²) in [5, 5.41) is 13.7. The molecule has 1 aromatic carbocycles. The standard InChI is InChI=1S/C10H9N5O/c16-7-11-5-4-8-2-1-3-9(6-8)10-12-14-15-13-10/h1-3,6H,4-5H2,(H,12,13,14,15). The van der Waals surface area contributed by atoms with Crippen molar-refractivity contribution >= 4 is 6.08 Å². The average molecular weight is 215 g/mol. The highest BCUT2D eigenvalue weighted by molar-refractivity contribution is 5.54. The van der Waals surface area contributed by atoms with E-state index in [0.29, 0.717) is 18.8 Å².